The van der Waals surface area contributed by atoms with Gasteiger partial charge in [-0.15, -0.1) is 0 Å². The van der Waals surface area contributed by atoms with Crippen LogP contribution < -0.4 is 10.4 Å². The molecule has 8 heteroatoms. The van der Waals surface area contributed by atoms with Gasteiger partial charge in [-0.05, 0) is 38.5 Å². The molecule has 30 heavy (non-hydrogen) atoms. The molecule has 1 aliphatic heterocycles. The van der Waals surface area contributed by atoms with E-state index in [4.69, 9.17) is 12.6 Å². The lowest BCUT2D eigenvalue weighted by Gasteiger charge is -2.36. The summed E-state index contributed by atoms with van der Waals surface area (Å²) in [5.41, 5.74) is 1.80. The topological polar surface area (TPSA) is 75.9 Å². The smallest absolute Gasteiger partial charge is 0.338 e. The molecule has 0 spiro atoms. The van der Waals surface area contributed by atoms with Crippen LogP contribution >= 0.6 is 0 Å². The highest BCUT2D eigenvalue weighted by Gasteiger charge is 2.26. The van der Waals surface area contributed by atoms with Gasteiger partial charge in [0.2, 0.25) is 0 Å². The molecule has 156 valence electrons. The third-order valence-corrected chi connectivity index (χ3v) is 4.97. The summed E-state index contributed by atoms with van der Waals surface area (Å²) in [4.78, 5) is 27.8. The van der Waals surface area contributed by atoms with E-state index in [1.165, 1.54) is 6.07 Å². The van der Waals surface area contributed by atoms with Crippen molar-refractivity contribution in [2.75, 3.05) is 31.1 Å². The number of piperazine rings is 1. The van der Waals surface area contributed by atoms with E-state index in [0.29, 0.717) is 18.8 Å². The van der Waals surface area contributed by atoms with Gasteiger partial charge in [0.25, 0.3) is 5.69 Å². The number of carbonyl (C=O) groups is 1. The van der Waals surface area contributed by atoms with Gasteiger partial charge in [-0.1, -0.05) is 29.7 Å². The van der Waals surface area contributed by atoms with Gasteiger partial charge in [0.05, 0.1) is 10.5 Å². The van der Waals surface area contributed by atoms with Crippen molar-refractivity contribution >= 4 is 30.7 Å². The van der Waals surface area contributed by atoms with Gasteiger partial charge in [-0.25, -0.2) is 4.79 Å². The van der Waals surface area contributed by atoms with E-state index in [1.54, 1.807) is 32.9 Å². The maximum absolute atomic E-state index is 12.3. The van der Waals surface area contributed by atoms with Crippen molar-refractivity contribution in [2.24, 2.45) is 0 Å². The molecule has 2 aromatic rings. The van der Waals surface area contributed by atoms with Gasteiger partial charge in [0, 0.05) is 38.8 Å². The van der Waals surface area contributed by atoms with E-state index < -0.39 is 16.5 Å². The molecule has 0 aromatic heterocycles. The summed E-state index contributed by atoms with van der Waals surface area (Å²) in [5.74, 6) is -0.567. The number of ether oxygens (including phenoxy) is 1. The normalized spacial score (nSPS) is 15.1. The van der Waals surface area contributed by atoms with Crippen molar-refractivity contribution in [3.63, 3.8) is 0 Å². The number of hydrogen-bond acceptors (Lipinski definition) is 6. The highest BCUT2D eigenvalue weighted by Crippen LogP contribution is 2.31. The predicted molar refractivity (Wildman–Crippen MR) is 118 cm³/mol. The first-order valence-corrected chi connectivity index (χ1v) is 9.96. The maximum atomic E-state index is 12.3. The molecule has 1 fully saturated rings. The second-order valence-electron chi connectivity index (χ2n) is 8.42. The van der Waals surface area contributed by atoms with Crippen LogP contribution in [0.25, 0.3) is 0 Å². The van der Waals surface area contributed by atoms with Crippen LogP contribution in [0.3, 0.4) is 0 Å². The first-order chi connectivity index (χ1) is 14.1. The van der Waals surface area contributed by atoms with Crippen LogP contribution in [0.15, 0.2) is 42.5 Å². The molecular weight excluding hydrogens is 381 g/mol. The zero-order valence-electron chi connectivity index (χ0n) is 17.6. The van der Waals surface area contributed by atoms with Crippen molar-refractivity contribution in [1.29, 1.82) is 0 Å². The number of carbonyl (C=O) groups excluding carboxylic acids is 1. The lowest BCUT2D eigenvalue weighted by Crippen LogP contribution is -2.46. The number of benzene rings is 2. The maximum Gasteiger partial charge on any atom is 0.338 e. The quantitative estimate of drug-likeness (QED) is 0.328. The van der Waals surface area contributed by atoms with Gasteiger partial charge < -0.3 is 9.64 Å². The van der Waals surface area contributed by atoms with Gasteiger partial charge >= 0.3 is 5.97 Å². The number of esters is 1. The fourth-order valence-corrected chi connectivity index (χ4v) is 3.47. The number of nitrogens with zero attached hydrogens (tertiary/aromatic N) is 3. The summed E-state index contributed by atoms with van der Waals surface area (Å²) in [6.07, 6.45) is 0. The Labute approximate surface area is 178 Å². The number of nitro groups is 1. The number of rotatable bonds is 5. The lowest BCUT2D eigenvalue weighted by atomic mass is 9.90. The fourth-order valence-electron chi connectivity index (χ4n) is 3.47. The summed E-state index contributed by atoms with van der Waals surface area (Å²) in [7, 11) is 6.04. The van der Waals surface area contributed by atoms with E-state index >= 15 is 0 Å². The predicted octanol–water partition coefficient (Wildman–Crippen LogP) is 2.67. The molecule has 0 bridgehead atoms. The van der Waals surface area contributed by atoms with Gasteiger partial charge in [-0.3, -0.25) is 15.0 Å². The van der Waals surface area contributed by atoms with E-state index in [9.17, 15) is 14.9 Å². The number of anilines is 1. The summed E-state index contributed by atoms with van der Waals surface area (Å²) >= 11 is 0. The van der Waals surface area contributed by atoms with Crippen molar-refractivity contribution in [3.05, 3.63) is 63.7 Å². The molecule has 0 amide bonds. The second-order valence-corrected chi connectivity index (χ2v) is 8.42. The molecule has 2 radical (unpaired) electrons. The highest BCUT2D eigenvalue weighted by atomic mass is 16.6. The molecule has 0 N–H and O–H groups in total. The molecule has 0 saturated carbocycles. The zero-order chi connectivity index (χ0) is 21.9. The third kappa shape index (κ3) is 5.39. The zero-order valence-corrected chi connectivity index (χ0v) is 17.6. The Balaban J connectivity index is 1.71. The minimum Gasteiger partial charge on any atom is -0.456 e. The fraction of sp³-hybridized carbons (Fsp3) is 0.409. The van der Waals surface area contributed by atoms with E-state index in [0.717, 1.165) is 30.7 Å². The molecule has 2 aromatic carbocycles. The monoisotopic (exact) mass is 407 g/mol. The minimum atomic E-state index is -0.664. The summed E-state index contributed by atoms with van der Waals surface area (Å²) in [5, 5.41) is 11.7. The Morgan fingerprint density at radius 1 is 1.13 bits per heavy atom. The van der Waals surface area contributed by atoms with Crippen LogP contribution in [-0.2, 0) is 11.3 Å². The molecule has 1 saturated heterocycles. The average Bonchev–Trinajstić information content (AvgIpc) is 2.68. The van der Waals surface area contributed by atoms with Crippen LogP contribution in [0, 0.1) is 10.1 Å². The highest BCUT2D eigenvalue weighted by molar-refractivity contribution is 6.33. The van der Waals surface area contributed by atoms with Gasteiger partial charge in [-0.2, -0.15) is 0 Å². The Bertz CT molecular complexity index is 934. The van der Waals surface area contributed by atoms with Crippen molar-refractivity contribution in [1.82, 2.24) is 4.90 Å². The van der Waals surface area contributed by atoms with Gasteiger partial charge in [0.1, 0.15) is 19.1 Å². The SMILES string of the molecule is [B]c1ccccc1CN1CCN(c2ccc(C(=O)OC(C)(C)C)cc2[N+](=O)[O-])CC1. The minimum absolute atomic E-state index is 0.0842. The lowest BCUT2D eigenvalue weighted by molar-refractivity contribution is -0.384. The molecule has 7 nitrogen and oxygen atoms in total. The van der Waals surface area contributed by atoms with Crippen molar-refractivity contribution in [3.8, 4) is 0 Å². The van der Waals surface area contributed by atoms with Crippen LogP contribution in [0.1, 0.15) is 36.7 Å². The molecule has 0 unspecified atom stereocenters. The van der Waals surface area contributed by atoms with Crippen LogP contribution in [0.4, 0.5) is 11.4 Å². The Hall–Kier alpha value is -2.87. The molecule has 3 rings (SSSR count). The Morgan fingerprint density at radius 2 is 1.80 bits per heavy atom. The molecular formula is C22H26BN3O4. The number of nitro benzene ring substituents is 1. The van der Waals surface area contributed by atoms with Crippen LogP contribution in [0.5, 0.6) is 0 Å². The van der Waals surface area contributed by atoms with E-state index in [1.807, 2.05) is 29.2 Å². The molecule has 1 aliphatic rings. The Kier molecular flexibility index (Phi) is 6.46. The first-order valence-electron chi connectivity index (χ1n) is 9.96. The summed E-state index contributed by atoms with van der Waals surface area (Å²) in [6, 6.07) is 12.3. The Morgan fingerprint density at radius 3 is 2.40 bits per heavy atom. The summed E-state index contributed by atoms with van der Waals surface area (Å²) in [6.45, 7) is 8.86. The van der Waals surface area contributed by atoms with Gasteiger partial charge in [0.15, 0.2) is 0 Å². The van der Waals surface area contributed by atoms with Crippen molar-refractivity contribution < 1.29 is 14.5 Å². The first kappa shape index (κ1) is 21.8. The average molecular weight is 407 g/mol. The third-order valence-electron chi connectivity index (χ3n) is 4.97. The molecule has 0 aliphatic carbocycles. The molecule has 0 atom stereocenters. The molecule has 1 heterocycles. The largest absolute Gasteiger partial charge is 0.456 e. The van der Waals surface area contributed by atoms with E-state index in [2.05, 4.69) is 4.90 Å². The van der Waals surface area contributed by atoms with Crippen LogP contribution in [-0.4, -0.2) is 55.4 Å². The number of hydrogen-bond donors (Lipinski definition) is 0. The van der Waals surface area contributed by atoms with Crippen LogP contribution in [0.2, 0.25) is 0 Å². The van der Waals surface area contributed by atoms with Crippen molar-refractivity contribution in [2.45, 2.75) is 32.9 Å². The second kappa shape index (κ2) is 8.87. The standard InChI is InChI=1S/C22H26BN3O4/c1-22(2,3)30-21(27)16-8-9-19(20(14-16)26(28)29)25-12-10-24(11-13-25)15-17-6-4-5-7-18(17)23/h4-9,14H,10-13,15H2,1-3H3. The van der Waals surface area contributed by atoms with E-state index in [-0.39, 0.29) is 11.3 Å². The summed E-state index contributed by atoms with van der Waals surface area (Å²) < 4.78 is 5.33.